The molecule has 0 unspecified atom stereocenters. The molecule has 0 aliphatic carbocycles. The Hall–Kier alpha value is -10.5. The van der Waals surface area contributed by atoms with Crippen molar-refractivity contribution in [3.8, 4) is 96.1 Å². The molecule has 3 heterocycles. The Morgan fingerprint density at radius 1 is 0.287 bits per heavy atom. The van der Waals surface area contributed by atoms with Gasteiger partial charge >= 0.3 is 0 Å². The summed E-state index contributed by atoms with van der Waals surface area (Å²) in [7, 11) is 0. The summed E-state index contributed by atoms with van der Waals surface area (Å²) in [6.45, 7) is 8.70. The van der Waals surface area contributed by atoms with Gasteiger partial charge in [0.15, 0.2) is 17.5 Å². The first-order valence-electron chi connectivity index (χ1n) is 27.1. The number of hydrogen-bond acceptors (Lipinski definition) is 4. The highest BCUT2D eigenvalue weighted by molar-refractivity contribution is 6.14. The summed E-state index contributed by atoms with van der Waals surface area (Å²) in [5.74, 6) is 1.44. The zero-order chi connectivity index (χ0) is 54.0. The zero-order valence-corrected chi connectivity index (χ0v) is 44.8. The van der Waals surface area contributed by atoms with Gasteiger partial charge in [0, 0.05) is 38.2 Å². The van der Waals surface area contributed by atoms with Crippen molar-refractivity contribution < 1.29 is 0 Å². The van der Waals surface area contributed by atoms with Gasteiger partial charge in [-0.2, -0.15) is 5.26 Å². The lowest BCUT2D eigenvalue weighted by atomic mass is 9.97. The van der Waals surface area contributed by atoms with Gasteiger partial charge in [-0.25, -0.2) is 15.0 Å². The molecule has 6 nitrogen and oxygen atoms in total. The minimum atomic E-state index is 0.402. The molecule has 0 fully saturated rings. The van der Waals surface area contributed by atoms with Gasteiger partial charge in [0.1, 0.15) is 0 Å². The fourth-order valence-corrected chi connectivity index (χ4v) is 12.0. The third-order valence-corrected chi connectivity index (χ3v) is 16.0. The first kappa shape index (κ1) is 47.9. The molecule has 14 rings (SSSR count). The van der Waals surface area contributed by atoms with E-state index in [0.717, 1.165) is 88.4 Å². The van der Waals surface area contributed by atoms with Gasteiger partial charge < -0.3 is 9.13 Å². The molecule has 0 atom stereocenters. The Balaban J connectivity index is 1.12. The summed E-state index contributed by atoms with van der Waals surface area (Å²) in [6, 6.07) is 88.7. The molecule has 6 heteroatoms. The van der Waals surface area contributed by atoms with Crippen LogP contribution in [0, 0.1) is 39.0 Å². The van der Waals surface area contributed by atoms with Gasteiger partial charge in [-0.15, -0.1) is 0 Å². The van der Waals surface area contributed by atoms with Crippen molar-refractivity contribution >= 4 is 43.6 Å². The minimum absolute atomic E-state index is 0.402. The van der Waals surface area contributed by atoms with E-state index in [0.29, 0.717) is 28.6 Å². The molecule has 0 saturated carbocycles. The third kappa shape index (κ3) is 8.15. The third-order valence-electron chi connectivity index (χ3n) is 16.0. The van der Waals surface area contributed by atoms with E-state index in [9.17, 15) is 5.26 Å². The Bertz CT molecular complexity index is 4560. The van der Waals surface area contributed by atoms with E-state index in [1.165, 1.54) is 44.5 Å². The van der Waals surface area contributed by atoms with Gasteiger partial charge in [0.25, 0.3) is 0 Å². The summed E-state index contributed by atoms with van der Waals surface area (Å²) < 4.78 is 4.76. The predicted octanol–water partition coefficient (Wildman–Crippen LogP) is 18.8. The lowest BCUT2D eigenvalue weighted by Crippen LogP contribution is -2.07. The second kappa shape index (κ2) is 19.5. The van der Waals surface area contributed by atoms with Crippen LogP contribution in [-0.4, -0.2) is 24.1 Å². The van der Waals surface area contributed by atoms with Crippen molar-refractivity contribution in [1.29, 1.82) is 5.26 Å². The second-order valence-electron chi connectivity index (χ2n) is 20.9. The molecule has 80 heavy (non-hydrogen) atoms. The SMILES string of the molecule is Cc1ccccc1-c1ccc2c(c1)c1cc(-c3ccccc3C)ccc1n2-c1cc(C#N)c(-c2nc(-c3ccccc3)nc(-c3ccccc3)n2)cc1-n1c2ccc(-c3ccccc3C)cc2c2cc(-c3ccccc3C)ccc21. The van der Waals surface area contributed by atoms with E-state index in [2.05, 4.69) is 225 Å². The van der Waals surface area contributed by atoms with E-state index in [4.69, 9.17) is 15.0 Å². The van der Waals surface area contributed by atoms with Crippen molar-refractivity contribution in [3.05, 3.63) is 270 Å². The molecule has 11 aromatic carbocycles. The molecule has 0 N–H and O–H groups in total. The maximum atomic E-state index is 11.6. The Kier molecular flexibility index (Phi) is 11.7. The molecule has 378 valence electrons. The van der Waals surface area contributed by atoms with E-state index in [-0.39, 0.29) is 0 Å². The van der Waals surface area contributed by atoms with Crippen LogP contribution in [0.5, 0.6) is 0 Å². The summed E-state index contributed by atoms with van der Waals surface area (Å²) in [5, 5.41) is 16.1. The highest BCUT2D eigenvalue weighted by Gasteiger charge is 2.26. The number of benzene rings is 11. The van der Waals surface area contributed by atoms with Crippen molar-refractivity contribution in [2.75, 3.05) is 0 Å². The fourth-order valence-electron chi connectivity index (χ4n) is 12.0. The second-order valence-corrected chi connectivity index (χ2v) is 20.9. The Morgan fingerprint density at radius 2 is 0.588 bits per heavy atom. The number of hydrogen-bond donors (Lipinski definition) is 0. The molecule has 0 spiro atoms. The number of aromatic nitrogens is 5. The largest absolute Gasteiger partial charge is 0.307 e. The van der Waals surface area contributed by atoms with Crippen molar-refractivity contribution in [1.82, 2.24) is 24.1 Å². The quantitative estimate of drug-likeness (QED) is 0.144. The highest BCUT2D eigenvalue weighted by atomic mass is 15.1. The van der Waals surface area contributed by atoms with Crippen LogP contribution in [0.15, 0.2) is 243 Å². The van der Waals surface area contributed by atoms with Crippen LogP contribution in [0.25, 0.3) is 134 Å². The first-order chi connectivity index (χ1) is 39.3. The Labute approximate surface area is 464 Å². The number of fused-ring (bicyclic) bond motifs is 6. The van der Waals surface area contributed by atoms with Gasteiger partial charge in [0.05, 0.1) is 45.1 Å². The first-order valence-corrected chi connectivity index (χ1v) is 27.1. The molecule has 3 aromatic heterocycles. The molecule has 0 amide bonds. The van der Waals surface area contributed by atoms with Crippen LogP contribution >= 0.6 is 0 Å². The van der Waals surface area contributed by atoms with Gasteiger partial charge in [-0.05, 0) is 155 Å². The maximum Gasteiger partial charge on any atom is 0.165 e. The molecule has 0 aliphatic heterocycles. The summed E-state index contributed by atoms with van der Waals surface area (Å²) in [5.41, 5.74) is 22.6. The number of rotatable bonds is 9. The molecule has 0 radical (unpaired) electrons. The van der Waals surface area contributed by atoms with E-state index < -0.39 is 0 Å². The predicted molar refractivity (Wildman–Crippen MR) is 330 cm³/mol. The summed E-state index contributed by atoms with van der Waals surface area (Å²) >= 11 is 0. The topological polar surface area (TPSA) is 72.3 Å². The molecule has 14 aromatic rings. The van der Waals surface area contributed by atoms with Gasteiger partial charge in [-0.3, -0.25) is 0 Å². The van der Waals surface area contributed by atoms with Crippen LogP contribution in [0.2, 0.25) is 0 Å². The molecule has 0 saturated heterocycles. The summed E-state index contributed by atoms with van der Waals surface area (Å²) in [6.07, 6.45) is 0. The fraction of sp³-hybridized carbons (Fsp3) is 0.0541. The molecular weight excluding hydrogens is 973 g/mol. The minimum Gasteiger partial charge on any atom is -0.307 e. The van der Waals surface area contributed by atoms with Gasteiger partial charge in [-0.1, -0.05) is 182 Å². The maximum absolute atomic E-state index is 11.6. The van der Waals surface area contributed by atoms with Crippen LogP contribution in [0.1, 0.15) is 27.8 Å². The number of aryl methyl sites for hydroxylation is 4. The molecule has 0 aliphatic rings. The lowest BCUT2D eigenvalue weighted by molar-refractivity contribution is 1.06. The van der Waals surface area contributed by atoms with Crippen molar-refractivity contribution in [3.63, 3.8) is 0 Å². The van der Waals surface area contributed by atoms with Crippen LogP contribution in [-0.2, 0) is 0 Å². The summed E-state index contributed by atoms with van der Waals surface area (Å²) in [4.78, 5) is 15.6. The van der Waals surface area contributed by atoms with Crippen molar-refractivity contribution in [2.45, 2.75) is 27.7 Å². The normalized spacial score (nSPS) is 11.5. The van der Waals surface area contributed by atoms with Gasteiger partial charge in [0.2, 0.25) is 0 Å². The van der Waals surface area contributed by atoms with E-state index in [1.54, 1.807) is 0 Å². The number of nitriles is 1. The van der Waals surface area contributed by atoms with Crippen molar-refractivity contribution in [2.24, 2.45) is 0 Å². The molecule has 0 bridgehead atoms. The highest BCUT2D eigenvalue weighted by Crippen LogP contribution is 2.45. The monoisotopic (exact) mass is 1020 g/mol. The molecular formula is C74H52N6. The Morgan fingerprint density at radius 3 is 0.912 bits per heavy atom. The smallest absolute Gasteiger partial charge is 0.165 e. The lowest BCUT2D eigenvalue weighted by Gasteiger charge is -2.20. The number of nitrogens with zero attached hydrogens (tertiary/aromatic N) is 6. The van der Waals surface area contributed by atoms with Crippen LogP contribution < -0.4 is 0 Å². The average molecular weight is 1030 g/mol. The average Bonchev–Trinajstić information content (AvgIpc) is 3.84. The van der Waals surface area contributed by atoms with Crippen LogP contribution in [0.3, 0.4) is 0 Å². The van der Waals surface area contributed by atoms with E-state index in [1.807, 2.05) is 60.7 Å². The standard InChI is InChI=1S/C74H52N6/c1-46-19-11-15-27-57(46)52-31-35-66-62(39-52)63-40-53(58-28-16-12-20-47(58)2)32-36-67(63)79(66)70-43-56(45-75)61(74-77-72(50-23-7-5-8-24-50)76-73(78-74)51-25-9-6-10-26-51)44-71(70)80-68-37-33-54(59-29-17-13-21-48(59)3)41-64(68)65-42-55(34-38-69(65)80)60-30-18-14-22-49(60)4/h5-44H,1-4H3. The van der Waals surface area contributed by atoms with Crippen LogP contribution in [0.4, 0.5) is 0 Å². The van der Waals surface area contributed by atoms with E-state index >= 15 is 0 Å². The zero-order valence-electron chi connectivity index (χ0n) is 44.8.